The lowest BCUT2D eigenvalue weighted by molar-refractivity contribution is -0.121. The summed E-state index contributed by atoms with van der Waals surface area (Å²) in [7, 11) is 0. The molecule has 0 fully saturated rings. The molecule has 0 aliphatic carbocycles. The van der Waals surface area contributed by atoms with Crippen LogP contribution in [0, 0.1) is 5.82 Å². The largest absolute Gasteiger partial charge is 0.356 e. The molecule has 0 aliphatic heterocycles. The van der Waals surface area contributed by atoms with Crippen LogP contribution in [-0.2, 0) is 4.79 Å². The van der Waals surface area contributed by atoms with Crippen molar-refractivity contribution in [3.05, 3.63) is 66.0 Å². The van der Waals surface area contributed by atoms with Gasteiger partial charge in [-0.2, -0.15) is 0 Å². The average molecular weight is 356 g/mol. The second-order valence-corrected chi connectivity index (χ2v) is 6.11. The van der Waals surface area contributed by atoms with Crippen LogP contribution in [-0.4, -0.2) is 24.9 Å². The van der Waals surface area contributed by atoms with Crippen molar-refractivity contribution in [2.24, 2.45) is 0 Å². The summed E-state index contributed by atoms with van der Waals surface area (Å²) in [4.78, 5) is 26.1. The summed E-state index contributed by atoms with van der Waals surface area (Å²) in [6.07, 6.45) is 3.01. The smallest absolute Gasteiger partial charge is 0.258 e. The number of nitrogens with one attached hydrogen (secondary N) is 1. The van der Waals surface area contributed by atoms with Crippen LogP contribution in [0.5, 0.6) is 0 Å². The lowest BCUT2D eigenvalue weighted by Crippen LogP contribution is -2.34. The summed E-state index contributed by atoms with van der Waals surface area (Å²) in [5.74, 6) is -0.451. The summed E-state index contributed by atoms with van der Waals surface area (Å²) in [6.45, 7) is 2.98. The highest BCUT2D eigenvalue weighted by molar-refractivity contribution is 6.06. The number of carbonyl (C=O) groups is 2. The molecule has 1 N–H and O–H groups in total. The molecule has 2 aromatic carbocycles. The number of hydrogen-bond acceptors (Lipinski definition) is 2. The number of rotatable bonds is 9. The Morgan fingerprint density at radius 1 is 1.00 bits per heavy atom. The first-order chi connectivity index (χ1) is 12.6. The Kier molecular flexibility index (Phi) is 7.80. The topological polar surface area (TPSA) is 49.4 Å². The average Bonchev–Trinajstić information content (AvgIpc) is 2.67. The molecule has 0 heterocycles. The highest BCUT2D eigenvalue weighted by Crippen LogP contribution is 2.18. The Morgan fingerprint density at radius 3 is 2.35 bits per heavy atom. The molecule has 0 saturated heterocycles. The minimum Gasteiger partial charge on any atom is -0.356 e. The van der Waals surface area contributed by atoms with Gasteiger partial charge in [-0.3, -0.25) is 9.59 Å². The summed E-state index contributed by atoms with van der Waals surface area (Å²) >= 11 is 0. The molecule has 0 aliphatic rings. The lowest BCUT2D eigenvalue weighted by atomic mass is 10.1. The van der Waals surface area contributed by atoms with Crippen molar-refractivity contribution in [1.82, 2.24) is 5.32 Å². The van der Waals surface area contributed by atoms with Gasteiger partial charge in [-0.05, 0) is 49.2 Å². The maximum Gasteiger partial charge on any atom is 0.258 e. The van der Waals surface area contributed by atoms with Gasteiger partial charge >= 0.3 is 0 Å². The van der Waals surface area contributed by atoms with Crippen molar-refractivity contribution < 1.29 is 14.0 Å². The zero-order valence-electron chi connectivity index (χ0n) is 15.1. The van der Waals surface area contributed by atoms with Crippen molar-refractivity contribution in [2.75, 3.05) is 18.0 Å². The monoisotopic (exact) mass is 356 g/mol. The highest BCUT2D eigenvalue weighted by Gasteiger charge is 2.17. The number of anilines is 1. The molecule has 2 amide bonds. The van der Waals surface area contributed by atoms with E-state index in [9.17, 15) is 14.0 Å². The van der Waals surface area contributed by atoms with Gasteiger partial charge in [0.1, 0.15) is 5.82 Å². The fraction of sp³-hybridized carbons (Fsp3) is 0.333. The first-order valence-corrected chi connectivity index (χ1v) is 9.01. The van der Waals surface area contributed by atoms with E-state index in [-0.39, 0.29) is 17.6 Å². The molecule has 0 bridgehead atoms. The number of nitrogens with zero attached hydrogens (tertiary/aromatic N) is 1. The van der Waals surface area contributed by atoms with Crippen LogP contribution in [0.4, 0.5) is 10.1 Å². The molecule has 0 aromatic heterocycles. The number of carbonyl (C=O) groups excluding carboxylic acids is 2. The van der Waals surface area contributed by atoms with Gasteiger partial charge < -0.3 is 10.2 Å². The van der Waals surface area contributed by atoms with Crippen LogP contribution in [0.25, 0.3) is 0 Å². The van der Waals surface area contributed by atoms with E-state index < -0.39 is 0 Å². The third-order valence-corrected chi connectivity index (χ3v) is 4.04. The predicted octanol–water partition coefficient (Wildman–Crippen LogP) is 4.17. The van der Waals surface area contributed by atoms with Crippen molar-refractivity contribution >= 4 is 17.5 Å². The maximum atomic E-state index is 13.2. The number of unbranched alkanes of at least 4 members (excludes halogenated alkanes) is 1. The lowest BCUT2D eigenvalue weighted by Gasteiger charge is -2.23. The molecule has 138 valence electrons. The Bertz CT molecular complexity index is 702. The van der Waals surface area contributed by atoms with Gasteiger partial charge in [0.15, 0.2) is 0 Å². The molecule has 2 aromatic rings. The van der Waals surface area contributed by atoms with Crippen LogP contribution >= 0.6 is 0 Å². The van der Waals surface area contributed by atoms with Gasteiger partial charge in [0, 0.05) is 30.8 Å². The van der Waals surface area contributed by atoms with E-state index in [1.54, 1.807) is 29.2 Å². The fourth-order valence-electron chi connectivity index (χ4n) is 2.60. The first kappa shape index (κ1) is 19.6. The van der Waals surface area contributed by atoms with E-state index in [4.69, 9.17) is 0 Å². The third kappa shape index (κ3) is 5.99. The quantitative estimate of drug-likeness (QED) is 0.686. The van der Waals surface area contributed by atoms with E-state index in [0.717, 1.165) is 12.8 Å². The Balaban J connectivity index is 2.01. The van der Waals surface area contributed by atoms with Gasteiger partial charge in [0.2, 0.25) is 5.91 Å². The van der Waals surface area contributed by atoms with Gasteiger partial charge in [-0.25, -0.2) is 4.39 Å². The van der Waals surface area contributed by atoms with Crippen LogP contribution in [0.2, 0.25) is 0 Å². The highest BCUT2D eigenvalue weighted by atomic mass is 19.1. The molecule has 0 radical (unpaired) electrons. The second kappa shape index (κ2) is 10.3. The van der Waals surface area contributed by atoms with E-state index in [2.05, 4.69) is 5.32 Å². The third-order valence-electron chi connectivity index (χ3n) is 4.04. The Labute approximate surface area is 154 Å². The van der Waals surface area contributed by atoms with Crippen molar-refractivity contribution in [2.45, 2.75) is 32.6 Å². The summed E-state index contributed by atoms with van der Waals surface area (Å²) in [5, 5.41) is 2.88. The summed E-state index contributed by atoms with van der Waals surface area (Å²) < 4.78 is 13.2. The molecule has 0 saturated carbocycles. The number of amides is 2. The van der Waals surface area contributed by atoms with Gasteiger partial charge in [-0.1, -0.05) is 31.5 Å². The zero-order chi connectivity index (χ0) is 18.8. The van der Waals surface area contributed by atoms with E-state index in [0.29, 0.717) is 37.2 Å². The second-order valence-electron chi connectivity index (χ2n) is 6.11. The molecular formula is C21H25FN2O2. The fourth-order valence-corrected chi connectivity index (χ4v) is 2.60. The van der Waals surface area contributed by atoms with Crippen LogP contribution in [0.1, 0.15) is 43.0 Å². The van der Waals surface area contributed by atoms with Crippen LogP contribution in [0.3, 0.4) is 0 Å². The normalized spacial score (nSPS) is 10.4. The van der Waals surface area contributed by atoms with E-state index >= 15 is 0 Å². The number of hydrogen-bond donors (Lipinski definition) is 1. The first-order valence-electron chi connectivity index (χ1n) is 9.01. The minimum atomic E-state index is -0.343. The van der Waals surface area contributed by atoms with Gasteiger partial charge in [-0.15, -0.1) is 0 Å². The standard InChI is InChI=1S/C21H25FN2O2/c1-2-3-10-20(25)23-15-7-16-24(19-13-11-18(22)12-14-19)21(26)17-8-5-4-6-9-17/h4-6,8-9,11-14H,2-3,7,10,15-16H2,1H3,(H,23,25). The Hall–Kier alpha value is -2.69. The molecule has 5 heteroatoms. The molecule has 0 atom stereocenters. The van der Waals surface area contributed by atoms with E-state index in [1.165, 1.54) is 12.1 Å². The molecule has 26 heavy (non-hydrogen) atoms. The molecule has 0 spiro atoms. The minimum absolute atomic E-state index is 0.0366. The van der Waals surface area contributed by atoms with E-state index in [1.807, 2.05) is 25.1 Å². The zero-order valence-corrected chi connectivity index (χ0v) is 15.1. The SMILES string of the molecule is CCCCC(=O)NCCCN(C(=O)c1ccccc1)c1ccc(F)cc1. The van der Waals surface area contributed by atoms with Crippen molar-refractivity contribution in [3.8, 4) is 0 Å². The maximum absolute atomic E-state index is 13.2. The molecular weight excluding hydrogens is 331 g/mol. The van der Waals surface area contributed by atoms with Gasteiger partial charge in [0.05, 0.1) is 0 Å². The van der Waals surface area contributed by atoms with Crippen LogP contribution < -0.4 is 10.2 Å². The molecule has 2 rings (SSSR count). The van der Waals surface area contributed by atoms with Crippen LogP contribution in [0.15, 0.2) is 54.6 Å². The molecule has 0 unspecified atom stereocenters. The molecule has 4 nitrogen and oxygen atoms in total. The Morgan fingerprint density at radius 2 is 1.69 bits per heavy atom. The predicted molar refractivity (Wildman–Crippen MR) is 102 cm³/mol. The summed E-state index contributed by atoms with van der Waals surface area (Å²) in [6, 6.07) is 14.8. The number of halogens is 1. The van der Waals surface area contributed by atoms with Crippen molar-refractivity contribution in [1.29, 1.82) is 0 Å². The summed E-state index contributed by atoms with van der Waals surface area (Å²) in [5.41, 5.74) is 1.21. The number of benzene rings is 2. The van der Waals surface area contributed by atoms with Gasteiger partial charge in [0.25, 0.3) is 5.91 Å². The van der Waals surface area contributed by atoms with Crippen molar-refractivity contribution in [3.63, 3.8) is 0 Å².